The Morgan fingerprint density at radius 3 is 2.68 bits per heavy atom. The molecule has 0 atom stereocenters. The first-order valence-electron chi connectivity index (χ1n) is 9.35. The molecule has 0 N–H and O–H groups in total. The summed E-state index contributed by atoms with van der Waals surface area (Å²) in [6.45, 7) is 5.31. The molecule has 0 fully saturated rings. The molecule has 0 amide bonds. The monoisotopic (exact) mass is 569 g/mol. The molecule has 0 saturated carbocycles. The third-order valence-electron chi connectivity index (χ3n) is 4.21. The highest BCUT2D eigenvalue weighted by molar-refractivity contribution is 9.10. The van der Waals surface area contributed by atoms with Crippen molar-refractivity contribution < 1.29 is 14.3 Å². The second kappa shape index (κ2) is 9.93. The largest absolute Gasteiger partial charge is 0.490 e. The van der Waals surface area contributed by atoms with E-state index in [-0.39, 0.29) is 22.1 Å². The summed E-state index contributed by atoms with van der Waals surface area (Å²) in [6, 6.07) is 6.96. The zero-order valence-electron chi connectivity index (χ0n) is 16.9. The van der Waals surface area contributed by atoms with Crippen molar-refractivity contribution in [1.82, 2.24) is 9.66 Å². The molecular formula is C21H18Br2ClN3O4. The van der Waals surface area contributed by atoms with Gasteiger partial charge in [-0.3, -0.25) is 9.59 Å². The minimum absolute atomic E-state index is 0.115. The summed E-state index contributed by atoms with van der Waals surface area (Å²) in [5, 5.41) is 4.97. The Bertz CT molecular complexity index is 1260. The molecule has 2 aromatic carbocycles. The van der Waals surface area contributed by atoms with Crippen molar-refractivity contribution in [3.8, 4) is 11.5 Å². The molecule has 162 valence electrons. The van der Waals surface area contributed by atoms with Gasteiger partial charge in [0.15, 0.2) is 11.5 Å². The van der Waals surface area contributed by atoms with Crippen molar-refractivity contribution in [2.75, 3.05) is 6.61 Å². The third kappa shape index (κ3) is 4.99. The summed E-state index contributed by atoms with van der Waals surface area (Å²) in [6.07, 6.45) is 1.98. The van der Waals surface area contributed by atoms with Gasteiger partial charge in [0.25, 0.3) is 5.56 Å². The van der Waals surface area contributed by atoms with Crippen LogP contribution in [-0.4, -0.2) is 28.5 Å². The van der Waals surface area contributed by atoms with Crippen LogP contribution in [0.3, 0.4) is 0 Å². The zero-order valence-corrected chi connectivity index (χ0v) is 20.8. The van der Waals surface area contributed by atoms with Gasteiger partial charge in [-0.25, -0.2) is 4.98 Å². The molecule has 0 aliphatic heterocycles. The van der Waals surface area contributed by atoms with Crippen molar-refractivity contribution in [2.45, 2.75) is 27.2 Å². The highest BCUT2D eigenvalue weighted by Crippen LogP contribution is 2.42. The van der Waals surface area contributed by atoms with Crippen molar-refractivity contribution in [3.63, 3.8) is 0 Å². The van der Waals surface area contributed by atoms with E-state index < -0.39 is 5.97 Å². The molecule has 0 aliphatic rings. The predicted molar refractivity (Wildman–Crippen MR) is 128 cm³/mol. The molecular weight excluding hydrogens is 554 g/mol. The first-order valence-corrected chi connectivity index (χ1v) is 11.3. The third-order valence-corrected chi connectivity index (χ3v) is 6.14. The quantitative estimate of drug-likeness (QED) is 0.227. The van der Waals surface area contributed by atoms with Gasteiger partial charge in [-0.1, -0.05) is 34.5 Å². The summed E-state index contributed by atoms with van der Waals surface area (Å²) in [7, 11) is 0. The molecule has 1 heterocycles. The fraction of sp³-hybridized carbons (Fsp3) is 0.238. The van der Waals surface area contributed by atoms with E-state index in [1.165, 1.54) is 17.8 Å². The molecule has 0 radical (unpaired) electrons. The summed E-state index contributed by atoms with van der Waals surface area (Å²) < 4.78 is 13.3. The molecule has 0 bridgehead atoms. The fourth-order valence-corrected chi connectivity index (χ4v) is 3.86. The van der Waals surface area contributed by atoms with Crippen LogP contribution in [0.15, 0.2) is 43.1 Å². The minimum atomic E-state index is -0.524. The number of rotatable bonds is 6. The van der Waals surface area contributed by atoms with Gasteiger partial charge in [-0.05, 0) is 47.1 Å². The van der Waals surface area contributed by atoms with E-state index in [2.05, 4.69) is 41.9 Å². The van der Waals surface area contributed by atoms with Crippen LogP contribution in [0.5, 0.6) is 11.5 Å². The lowest BCUT2D eigenvalue weighted by atomic mass is 10.2. The Morgan fingerprint density at radius 1 is 1.29 bits per heavy atom. The van der Waals surface area contributed by atoms with Gasteiger partial charge in [0.05, 0.1) is 23.7 Å². The number of nitrogens with zero attached hydrogens (tertiary/aromatic N) is 3. The van der Waals surface area contributed by atoms with Gasteiger partial charge < -0.3 is 9.47 Å². The lowest BCUT2D eigenvalue weighted by Gasteiger charge is -2.14. The summed E-state index contributed by atoms with van der Waals surface area (Å²) >= 11 is 13.2. The Kier molecular flexibility index (Phi) is 7.51. The standard InChI is InChI=1S/C21H18Br2ClN3O4/c1-4-17-26-15-7-6-13(22)9-14(15)21(29)27(17)25-10-12-8-16(30-5-2)20(31-11(3)28)19(24)18(12)23/h6-10H,4-5H2,1-3H3. The van der Waals surface area contributed by atoms with Crippen LogP contribution in [0, 0.1) is 0 Å². The first kappa shape index (κ1) is 23.4. The predicted octanol–water partition coefficient (Wildman–Crippen LogP) is 5.34. The molecule has 0 unspecified atom stereocenters. The van der Waals surface area contributed by atoms with E-state index in [0.717, 1.165) is 4.47 Å². The number of hydrogen-bond donors (Lipinski definition) is 0. The molecule has 31 heavy (non-hydrogen) atoms. The van der Waals surface area contributed by atoms with Crippen LogP contribution in [0.4, 0.5) is 0 Å². The van der Waals surface area contributed by atoms with Gasteiger partial charge >= 0.3 is 5.97 Å². The molecule has 3 rings (SSSR count). The second-order valence-electron chi connectivity index (χ2n) is 6.35. The highest BCUT2D eigenvalue weighted by Gasteiger charge is 2.19. The average molecular weight is 572 g/mol. The van der Waals surface area contributed by atoms with Gasteiger partial charge in [0.1, 0.15) is 10.8 Å². The maximum absolute atomic E-state index is 13.0. The highest BCUT2D eigenvalue weighted by atomic mass is 79.9. The number of hydrogen-bond acceptors (Lipinski definition) is 6. The average Bonchev–Trinajstić information content (AvgIpc) is 2.73. The summed E-state index contributed by atoms with van der Waals surface area (Å²) in [4.78, 5) is 29.0. The topological polar surface area (TPSA) is 82.8 Å². The van der Waals surface area contributed by atoms with Crippen LogP contribution in [0.1, 0.15) is 32.2 Å². The molecule has 1 aromatic heterocycles. The zero-order chi connectivity index (χ0) is 22.7. The van der Waals surface area contributed by atoms with Gasteiger partial charge in [0.2, 0.25) is 0 Å². The molecule has 7 nitrogen and oxygen atoms in total. The van der Waals surface area contributed by atoms with Crippen molar-refractivity contribution in [3.05, 3.63) is 60.0 Å². The Morgan fingerprint density at radius 2 is 2.03 bits per heavy atom. The number of aryl methyl sites for hydroxylation is 1. The van der Waals surface area contributed by atoms with Crippen molar-refractivity contribution >= 4 is 66.5 Å². The summed E-state index contributed by atoms with van der Waals surface area (Å²) in [5.41, 5.74) is 0.848. The molecule has 10 heteroatoms. The number of fused-ring (bicyclic) bond motifs is 1. The van der Waals surface area contributed by atoms with Crippen LogP contribution in [-0.2, 0) is 11.2 Å². The van der Waals surface area contributed by atoms with E-state index in [1.54, 1.807) is 25.1 Å². The van der Waals surface area contributed by atoms with Crippen LogP contribution in [0.25, 0.3) is 10.9 Å². The Labute approximate surface area is 200 Å². The van der Waals surface area contributed by atoms with E-state index >= 15 is 0 Å². The van der Waals surface area contributed by atoms with E-state index in [1.807, 2.05) is 13.0 Å². The fourth-order valence-electron chi connectivity index (χ4n) is 2.86. The number of ether oxygens (including phenoxy) is 2. The normalized spacial score (nSPS) is 11.3. The van der Waals surface area contributed by atoms with E-state index in [9.17, 15) is 9.59 Å². The van der Waals surface area contributed by atoms with E-state index in [4.69, 9.17) is 21.1 Å². The van der Waals surface area contributed by atoms with Crippen LogP contribution < -0.4 is 15.0 Å². The molecule has 0 spiro atoms. The SMILES string of the molecule is CCOc1cc(C=Nn2c(CC)nc3ccc(Br)cc3c2=O)c(Br)c(Cl)c1OC(C)=O. The first-order chi connectivity index (χ1) is 14.8. The number of benzene rings is 2. The maximum Gasteiger partial charge on any atom is 0.308 e. The smallest absolute Gasteiger partial charge is 0.308 e. The van der Waals surface area contributed by atoms with Gasteiger partial charge in [-0.2, -0.15) is 9.78 Å². The van der Waals surface area contributed by atoms with Crippen molar-refractivity contribution in [2.24, 2.45) is 5.10 Å². The lowest BCUT2D eigenvalue weighted by Crippen LogP contribution is -2.22. The lowest BCUT2D eigenvalue weighted by molar-refractivity contribution is -0.132. The van der Waals surface area contributed by atoms with E-state index in [0.29, 0.717) is 39.8 Å². The second-order valence-corrected chi connectivity index (χ2v) is 8.44. The number of esters is 1. The number of halogens is 3. The number of carbonyl (C=O) groups excluding carboxylic acids is 1. The van der Waals surface area contributed by atoms with Gasteiger partial charge in [-0.15, -0.1) is 0 Å². The van der Waals surface area contributed by atoms with Crippen LogP contribution >= 0.6 is 43.5 Å². The summed E-state index contributed by atoms with van der Waals surface area (Å²) in [5.74, 6) is 0.392. The Hall–Kier alpha value is -2.23. The molecule has 0 saturated heterocycles. The number of aromatic nitrogens is 2. The number of carbonyl (C=O) groups is 1. The Balaban J connectivity index is 2.15. The molecule has 0 aliphatic carbocycles. The van der Waals surface area contributed by atoms with Gasteiger partial charge in [0, 0.05) is 27.9 Å². The minimum Gasteiger partial charge on any atom is -0.490 e. The maximum atomic E-state index is 13.0. The molecule has 3 aromatic rings. The van der Waals surface area contributed by atoms with Crippen LogP contribution in [0.2, 0.25) is 5.02 Å². The van der Waals surface area contributed by atoms with Crippen molar-refractivity contribution in [1.29, 1.82) is 0 Å².